The van der Waals surface area contributed by atoms with Crippen molar-refractivity contribution in [3.05, 3.63) is 35.5 Å². The van der Waals surface area contributed by atoms with Crippen molar-refractivity contribution in [1.82, 2.24) is 4.98 Å². The first-order chi connectivity index (χ1) is 10.2. The molecule has 2 rings (SSSR count). The molecule has 0 fully saturated rings. The van der Waals surface area contributed by atoms with Gasteiger partial charge in [-0.2, -0.15) is 0 Å². The molecule has 0 unspecified atom stereocenters. The summed E-state index contributed by atoms with van der Waals surface area (Å²) in [7, 11) is 4.68. The third-order valence-corrected chi connectivity index (χ3v) is 3.23. The van der Waals surface area contributed by atoms with Crippen LogP contribution in [0.1, 0.15) is 16.1 Å². The van der Waals surface area contributed by atoms with Crippen LogP contribution in [-0.4, -0.2) is 32.6 Å². The highest BCUT2D eigenvalue weighted by Crippen LogP contribution is 2.43. The zero-order chi connectivity index (χ0) is 15.4. The van der Waals surface area contributed by atoms with Crippen LogP contribution in [0.2, 0.25) is 0 Å². The number of rotatable bonds is 5. The molecule has 0 N–H and O–H groups in total. The summed E-state index contributed by atoms with van der Waals surface area (Å²) in [6, 6.07) is 7.16. The molecule has 110 valence electrons. The van der Waals surface area contributed by atoms with Crippen LogP contribution in [-0.2, 0) is 0 Å². The van der Waals surface area contributed by atoms with E-state index in [4.69, 9.17) is 14.2 Å². The SMILES string of the molecule is COc1ccc(-c2ccc(C=O)c(C)n2)c(OC)c1OC. The number of hydrogen-bond donors (Lipinski definition) is 0. The largest absolute Gasteiger partial charge is 0.493 e. The average Bonchev–Trinajstić information content (AvgIpc) is 2.52. The van der Waals surface area contributed by atoms with Crippen LogP contribution in [0.3, 0.4) is 0 Å². The molecule has 0 amide bonds. The van der Waals surface area contributed by atoms with Crippen molar-refractivity contribution in [3.8, 4) is 28.5 Å². The van der Waals surface area contributed by atoms with Crippen LogP contribution >= 0.6 is 0 Å². The third-order valence-electron chi connectivity index (χ3n) is 3.23. The summed E-state index contributed by atoms with van der Waals surface area (Å²) < 4.78 is 16.1. The molecule has 0 radical (unpaired) electrons. The summed E-state index contributed by atoms with van der Waals surface area (Å²) in [6.45, 7) is 1.79. The highest BCUT2D eigenvalue weighted by Gasteiger charge is 2.18. The number of nitrogens with zero attached hydrogens (tertiary/aromatic N) is 1. The quantitative estimate of drug-likeness (QED) is 0.791. The first-order valence-electron chi connectivity index (χ1n) is 6.38. The van der Waals surface area contributed by atoms with Crippen molar-refractivity contribution in [2.45, 2.75) is 6.92 Å². The molecule has 1 heterocycles. The number of aldehydes is 1. The van der Waals surface area contributed by atoms with Crippen molar-refractivity contribution >= 4 is 6.29 Å². The van der Waals surface area contributed by atoms with Crippen molar-refractivity contribution in [2.75, 3.05) is 21.3 Å². The molecule has 0 aliphatic carbocycles. The van der Waals surface area contributed by atoms with Crippen LogP contribution in [0.4, 0.5) is 0 Å². The Morgan fingerprint density at radius 3 is 2.19 bits per heavy atom. The van der Waals surface area contributed by atoms with Crippen molar-refractivity contribution in [3.63, 3.8) is 0 Å². The Bertz CT molecular complexity index is 668. The molecule has 0 aliphatic rings. The van der Waals surface area contributed by atoms with E-state index in [9.17, 15) is 4.79 Å². The van der Waals surface area contributed by atoms with Crippen molar-refractivity contribution in [1.29, 1.82) is 0 Å². The van der Waals surface area contributed by atoms with E-state index in [0.717, 1.165) is 11.8 Å². The number of ether oxygens (including phenoxy) is 3. The maximum atomic E-state index is 10.9. The summed E-state index contributed by atoms with van der Waals surface area (Å²) in [6.07, 6.45) is 0.790. The van der Waals surface area contributed by atoms with Gasteiger partial charge in [-0.25, -0.2) is 0 Å². The summed E-state index contributed by atoms with van der Waals surface area (Å²) >= 11 is 0. The Hall–Kier alpha value is -2.56. The first kappa shape index (κ1) is 14.8. The van der Waals surface area contributed by atoms with Gasteiger partial charge in [-0.3, -0.25) is 9.78 Å². The van der Waals surface area contributed by atoms with E-state index in [1.807, 2.05) is 6.07 Å². The van der Waals surface area contributed by atoms with E-state index >= 15 is 0 Å². The van der Waals surface area contributed by atoms with E-state index in [1.54, 1.807) is 46.5 Å². The minimum atomic E-state index is 0.511. The number of pyridine rings is 1. The second-order valence-corrected chi connectivity index (χ2v) is 4.37. The lowest BCUT2D eigenvalue weighted by atomic mass is 10.1. The van der Waals surface area contributed by atoms with Crippen molar-refractivity contribution in [2.24, 2.45) is 0 Å². The van der Waals surface area contributed by atoms with Crippen LogP contribution < -0.4 is 14.2 Å². The fourth-order valence-corrected chi connectivity index (χ4v) is 2.15. The molecule has 2 aromatic rings. The molecule has 5 heteroatoms. The molecule has 0 saturated carbocycles. The molecule has 21 heavy (non-hydrogen) atoms. The Labute approximate surface area is 123 Å². The summed E-state index contributed by atoms with van der Waals surface area (Å²) in [4.78, 5) is 15.3. The van der Waals surface area contributed by atoms with E-state index < -0.39 is 0 Å². The Morgan fingerprint density at radius 2 is 1.67 bits per heavy atom. The lowest BCUT2D eigenvalue weighted by Crippen LogP contribution is -1.99. The number of aryl methyl sites for hydroxylation is 1. The van der Waals surface area contributed by atoms with Gasteiger partial charge in [0.15, 0.2) is 17.8 Å². The van der Waals surface area contributed by atoms with Gasteiger partial charge in [0.1, 0.15) is 0 Å². The normalized spacial score (nSPS) is 10.1. The van der Waals surface area contributed by atoms with Gasteiger partial charge >= 0.3 is 0 Å². The molecule has 0 spiro atoms. The first-order valence-corrected chi connectivity index (χ1v) is 6.38. The maximum Gasteiger partial charge on any atom is 0.203 e. The van der Waals surface area contributed by atoms with Gasteiger partial charge in [-0.05, 0) is 31.2 Å². The maximum absolute atomic E-state index is 10.9. The third kappa shape index (κ3) is 2.67. The van der Waals surface area contributed by atoms with Crippen LogP contribution in [0.25, 0.3) is 11.3 Å². The zero-order valence-corrected chi connectivity index (χ0v) is 12.5. The number of carbonyl (C=O) groups excluding carboxylic acids is 1. The van der Waals surface area contributed by atoms with E-state index in [1.165, 1.54) is 0 Å². The Balaban J connectivity index is 2.63. The van der Waals surface area contributed by atoms with Gasteiger partial charge in [-0.15, -0.1) is 0 Å². The van der Waals surface area contributed by atoms with Crippen LogP contribution in [0, 0.1) is 6.92 Å². The van der Waals surface area contributed by atoms with Gasteiger partial charge in [-0.1, -0.05) is 0 Å². The van der Waals surface area contributed by atoms with Crippen LogP contribution in [0.5, 0.6) is 17.2 Å². The fourth-order valence-electron chi connectivity index (χ4n) is 2.15. The number of methoxy groups -OCH3 is 3. The van der Waals surface area contributed by atoms with Gasteiger partial charge in [0.25, 0.3) is 0 Å². The minimum absolute atomic E-state index is 0.511. The molecular formula is C16H17NO4. The number of aromatic nitrogens is 1. The Kier molecular flexibility index (Phi) is 4.42. The van der Waals surface area contributed by atoms with E-state index in [2.05, 4.69) is 4.98 Å². The Morgan fingerprint density at radius 1 is 0.952 bits per heavy atom. The van der Waals surface area contributed by atoms with Crippen LogP contribution in [0.15, 0.2) is 24.3 Å². The van der Waals surface area contributed by atoms with Crippen molar-refractivity contribution < 1.29 is 19.0 Å². The highest BCUT2D eigenvalue weighted by atomic mass is 16.5. The predicted octanol–water partition coefficient (Wildman–Crippen LogP) is 2.90. The van der Waals surface area contributed by atoms with Gasteiger partial charge in [0, 0.05) is 16.8 Å². The van der Waals surface area contributed by atoms with Gasteiger partial charge in [0.05, 0.1) is 27.0 Å². The highest BCUT2D eigenvalue weighted by molar-refractivity contribution is 5.79. The zero-order valence-electron chi connectivity index (χ0n) is 12.5. The topological polar surface area (TPSA) is 57.7 Å². The molecular weight excluding hydrogens is 270 g/mol. The van der Waals surface area contributed by atoms with E-state index in [0.29, 0.717) is 34.2 Å². The standard InChI is InChI=1S/C16H17NO4/c1-10-11(9-18)5-7-13(17-10)12-6-8-14(19-2)16(21-4)15(12)20-3/h5-9H,1-4H3. The smallest absolute Gasteiger partial charge is 0.203 e. The lowest BCUT2D eigenvalue weighted by Gasteiger charge is -2.15. The number of carbonyl (C=O) groups is 1. The van der Waals surface area contributed by atoms with Gasteiger partial charge in [0.2, 0.25) is 5.75 Å². The number of benzene rings is 1. The molecule has 1 aromatic heterocycles. The molecule has 5 nitrogen and oxygen atoms in total. The van der Waals surface area contributed by atoms with E-state index in [-0.39, 0.29) is 0 Å². The summed E-state index contributed by atoms with van der Waals surface area (Å²) in [5, 5.41) is 0. The predicted molar refractivity (Wildman–Crippen MR) is 79.5 cm³/mol. The molecule has 1 aromatic carbocycles. The minimum Gasteiger partial charge on any atom is -0.493 e. The average molecular weight is 287 g/mol. The molecule has 0 bridgehead atoms. The molecule has 0 atom stereocenters. The van der Waals surface area contributed by atoms with Gasteiger partial charge < -0.3 is 14.2 Å². The second-order valence-electron chi connectivity index (χ2n) is 4.37. The number of hydrogen-bond acceptors (Lipinski definition) is 5. The fraction of sp³-hybridized carbons (Fsp3) is 0.250. The molecule has 0 saturated heterocycles. The second kappa shape index (κ2) is 6.26. The monoisotopic (exact) mass is 287 g/mol. The molecule has 0 aliphatic heterocycles. The lowest BCUT2D eigenvalue weighted by molar-refractivity contribution is 0.112. The summed E-state index contributed by atoms with van der Waals surface area (Å²) in [5.41, 5.74) is 2.71. The summed E-state index contributed by atoms with van der Waals surface area (Å²) in [5.74, 6) is 1.64.